The number of para-hydroxylation sites is 1. The van der Waals surface area contributed by atoms with E-state index in [9.17, 15) is 4.79 Å². The molecule has 1 amide bonds. The van der Waals surface area contributed by atoms with Gasteiger partial charge in [-0.2, -0.15) is 15.4 Å². The first-order valence-corrected chi connectivity index (χ1v) is 9.18. The second-order valence-corrected chi connectivity index (χ2v) is 7.07. The first-order valence-electron chi connectivity index (χ1n) is 9.18. The molecule has 1 saturated carbocycles. The molecule has 6 nitrogen and oxygen atoms in total. The largest absolute Gasteiger partial charge is 0.490 e. The quantitative estimate of drug-likeness (QED) is 0.896. The van der Waals surface area contributed by atoms with E-state index in [2.05, 4.69) is 20.7 Å². The standard InChI is InChI=1S/C19H24N4O2/c24-19(13-6-11-17-18(12-13)22-23-21-17)20-14-7-9-16(10-8-14)25-15-4-2-1-3-5-15/h1-5,13-14,16H,6-12H2,(H,20,24)(H,21,22,23). The maximum Gasteiger partial charge on any atom is 0.223 e. The van der Waals surface area contributed by atoms with Crippen molar-refractivity contribution >= 4 is 5.91 Å². The Balaban J connectivity index is 1.24. The number of carbonyl (C=O) groups is 1. The summed E-state index contributed by atoms with van der Waals surface area (Å²) in [5.74, 6) is 1.12. The zero-order valence-corrected chi connectivity index (χ0v) is 14.3. The summed E-state index contributed by atoms with van der Waals surface area (Å²) in [6.07, 6.45) is 6.57. The Morgan fingerprint density at radius 2 is 1.80 bits per heavy atom. The zero-order valence-electron chi connectivity index (χ0n) is 14.3. The SMILES string of the molecule is O=C(NC1CCC(Oc2ccccc2)CC1)C1CCc2n[nH]nc2C1. The number of ether oxygens (including phenoxy) is 1. The molecule has 1 heterocycles. The van der Waals surface area contributed by atoms with Crippen LogP contribution in [0.3, 0.4) is 0 Å². The van der Waals surface area contributed by atoms with Crippen LogP contribution in [0, 0.1) is 5.92 Å². The summed E-state index contributed by atoms with van der Waals surface area (Å²) in [7, 11) is 0. The van der Waals surface area contributed by atoms with Crippen molar-refractivity contribution in [3.8, 4) is 5.75 Å². The van der Waals surface area contributed by atoms with Gasteiger partial charge in [-0.3, -0.25) is 4.79 Å². The van der Waals surface area contributed by atoms with E-state index < -0.39 is 0 Å². The van der Waals surface area contributed by atoms with Crippen LogP contribution in [0.1, 0.15) is 43.5 Å². The molecule has 132 valence electrons. The highest BCUT2D eigenvalue weighted by Gasteiger charge is 2.30. The summed E-state index contributed by atoms with van der Waals surface area (Å²) < 4.78 is 6.02. The predicted molar refractivity (Wildman–Crippen MR) is 93.2 cm³/mol. The maximum atomic E-state index is 12.6. The molecule has 1 aromatic heterocycles. The molecular weight excluding hydrogens is 316 g/mol. The summed E-state index contributed by atoms with van der Waals surface area (Å²) in [5, 5.41) is 14.2. The second kappa shape index (κ2) is 7.25. The van der Waals surface area contributed by atoms with Crippen molar-refractivity contribution < 1.29 is 9.53 Å². The van der Waals surface area contributed by atoms with Crippen molar-refractivity contribution in [1.29, 1.82) is 0 Å². The fourth-order valence-corrected chi connectivity index (χ4v) is 3.84. The Bertz CT molecular complexity index is 707. The lowest BCUT2D eigenvalue weighted by Crippen LogP contribution is -2.43. The van der Waals surface area contributed by atoms with Gasteiger partial charge in [0.2, 0.25) is 5.91 Å². The van der Waals surface area contributed by atoms with Gasteiger partial charge in [-0.15, -0.1) is 0 Å². The minimum Gasteiger partial charge on any atom is -0.490 e. The van der Waals surface area contributed by atoms with Gasteiger partial charge in [-0.05, 0) is 50.7 Å². The monoisotopic (exact) mass is 340 g/mol. The molecule has 25 heavy (non-hydrogen) atoms. The number of rotatable bonds is 4. The van der Waals surface area contributed by atoms with Crippen molar-refractivity contribution in [2.45, 2.75) is 57.1 Å². The highest BCUT2D eigenvalue weighted by atomic mass is 16.5. The van der Waals surface area contributed by atoms with Crippen LogP contribution in [0.4, 0.5) is 0 Å². The number of hydrogen-bond acceptors (Lipinski definition) is 4. The third kappa shape index (κ3) is 3.83. The van der Waals surface area contributed by atoms with Crippen LogP contribution < -0.4 is 10.1 Å². The third-order valence-corrected chi connectivity index (χ3v) is 5.31. The molecule has 0 spiro atoms. The highest BCUT2D eigenvalue weighted by molar-refractivity contribution is 5.79. The summed E-state index contributed by atoms with van der Waals surface area (Å²) in [6, 6.07) is 10.2. The number of fused-ring (bicyclic) bond motifs is 1. The normalized spacial score (nSPS) is 25.8. The van der Waals surface area contributed by atoms with E-state index in [0.717, 1.165) is 55.7 Å². The average molecular weight is 340 g/mol. The predicted octanol–water partition coefficient (Wildman–Crippen LogP) is 2.42. The lowest BCUT2D eigenvalue weighted by atomic mass is 9.87. The number of nitrogens with zero attached hydrogens (tertiary/aromatic N) is 2. The molecule has 1 aromatic carbocycles. The van der Waals surface area contributed by atoms with Crippen molar-refractivity contribution in [2.75, 3.05) is 0 Å². The molecule has 4 rings (SSSR count). The van der Waals surface area contributed by atoms with Gasteiger partial charge in [-0.1, -0.05) is 18.2 Å². The molecule has 0 bridgehead atoms. The second-order valence-electron chi connectivity index (χ2n) is 7.07. The molecule has 2 aromatic rings. The highest BCUT2D eigenvalue weighted by Crippen LogP contribution is 2.26. The van der Waals surface area contributed by atoms with E-state index in [1.165, 1.54) is 0 Å². The van der Waals surface area contributed by atoms with Gasteiger partial charge in [0.05, 0.1) is 17.5 Å². The Morgan fingerprint density at radius 1 is 1.04 bits per heavy atom. The fraction of sp³-hybridized carbons (Fsp3) is 0.526. The molecule has 2 N–H and O–H groups in total. The van der Waals surface area contributed by atoms with Gasteiger partial charge < -0.3 is 10.1 Å². The first-order chi connectivity index (χ1) is 12.3. The number of benzene rings is 1. The van der Waals surface area contributed by atoms with Crippen LogP contribution in [-0.2, 0) is 17.6 Å². The number of aryl methyl sites for hydroxylation is 1. The van der Waals surface area contributed by atoms with Gasteiger partial charge in [0.1, 0.15) is 5.75 Å². The van der Waals surface area contributed by atoms with E-state index in [4.69, 9.17) is 4.74 Å². The Labute approximate surface area is 147 Å². The van der Waals surface area contributed by atoms with Crippen LogP contribution >= 0.6 is 0 Å². The average Bonchev–Trinajstić information content (AvgIpc) is 3.12. The summed E-state index contributed by atoms with van der Waals surface area (Å²) >= 11 is 0. The van der Waals surface area contributed by atoms with E-state index in [1.54, 1.807) is 0 Å². The molecule has 2 aliphatic rings. The molecule has 0 radical (unpaired) electrons. The van der Waals surface area contributed by atoms with E-state index in [-0.39, 0.29) is 24.0 Å². The molecule has 6 heteroatoms. The molecular formula is C19H24N4O2. The number of hydrogen-bond donors (Lipinski definition) is 2. The number of amides is 1. The molecule has 0 aliphatic heterocycles. The minimum atomic E-state index is 0.0240. The summed E-state index contributed by atoms with van der Waals surface area (Å²) in [4.78, 5) is 12.6. The lowest BCUT2D eigenvalue weighted by Gasteiger charge is -2.31. The molecule has 1 unspecified atom stereocenters. The topological polar surface area (TPSA) is 79.9 Å². The van der Waals surface area contributed by atoms with Crippen molar-refractivity contribution in [3.63, 3.8) is 0 Å². The molecule has 0 saturated heterocycles. The van der Waals surface area contributed by atoms with Gasteiger partial charge in [0.25, 0.3) is 0 Å². The maximum absolute atomic E-state index is 12.6. The number of nitrogens with one attached hydrogen (secondary N) is 2. The van der Waals surface area contributed by atoms with Crippen LogP contribution in [0.25, 0.3) is 0 Å². The smallest absolute Gasteiger partial charge is 0.223 e. The van der Waals surface area contributed by atoms with Crippen LogP contribution in [0.15, 0.2) is 30.3 Å². The zero-order chi connectivity index (χ0) is 17.1. The van der Waals surface area contributed by atoms with Crippen molar-refractivity contribution in [1.82, 2.24) is 20.7 Å². The fourth-order valence-electron chi connectivity index (χ4n) is 3.84. The van der Waals surface area contributed by atoms with Gasteiger partial charge in [0, 0.05) is 18.4 Å². The minimum absolute atomic E-state index is 0.0240. The number of aromatic amines is 1. The van der Waals surface area contributed by atoms with E-state index in [0.29, 0.717) is 6.42 Å². The van der Waals surface area contributed by atoms with Gasteiger partial charge >= 0.3 is 0 Å². The van der Waals surface area contributed by atoms with Crippen LogP contribution in [0.2, 0.25) is 0 Å². The Kier molecular flexibility index (Phi) is 4.68. The van der Waals surface area contributed by atoms with Crippen LogP contribution in [0.5, 0.6) is 5.75 Å². The summed E-state index contributed by atoms with van der Waals surface area (Å²) in [6.45, 7) is 0. The van der Waals surface area contributed by atoms with Gasteiger partial charge in [0.15, 0.2) is 0 Å². The number of carbonyl (C=O) groups excluding carboxylic acids is 1. The van der Waals surface area contributed by atoms with Crippen LogP contribution in [-0.4, -0.2) is 33.5 Å². The lowest BCUT2D eigenvalue weighted by molar-refractivity contribution is -0.126. The van der Waals surface area contributed by atoms with Gasteiger partial charge in [-0.25, -0.2) is 0 Å². The Hall–Kier alpha value is -2.37. The molecule has 2 aliphatic carbocycles. The third-order valence-electron chi connectivity index (χ3n) is 5.31. The number of H-pyrrole nitrogens is 1. The van der Waals surface area contributed by atoms with Crippen molar-refractivity contribution in [3.05, 3.63) is 41.7 Å². The first kappa shape index (κ1) is 16.1. The van der Waals surface area contributed by atoms with E-state index in [1.807, 2.05) is 30.3 Å². The molecule has 1 atom stereocenters. The Morgan fingerprint density at radius 3 is 2.60 bits per heavy atom. The van der Waals surface area contributed by atoms with E-state index >= 15 is 0 Å². The molecule has 1 fully saturated rings. The summed E-state index contributed by atoms with van der Waals surface area (Å²) in [5.41, 5.74) is 1.97. The van der Waals surface area contributed by atoms with Crippen molar-refractivity contribution in [2.24, 2.45) is 5.92 Å². The number of aromatic nitrogens is 3.